The molecule has 1 saturated heterocycles. The number of rotatable bonds is 6. The molecular formula is C24H20ClNO6. The van der Waals surface area contributed by atoms with Crippen molar-refractivity contribution in [3.63, 3.8) is 0 Å². The summed E-state index contributed by atoms with van der Waals surface area (Å²) in [5, 5.41) is 21.6. The number of carbonyl (C=O) groups is 2. The highest BCUT2D eigenvalue weighted by Gasteiger charge is 2.46. The van der Waals surface area contributed by atoms with Crippen molar-refractivity contribution in [3.8, 4) is 11.5 Å². The van der Waals surface area contributed by atoms with E-state index in [9.17, 15) is 19.8 Å². The SMILES string of the molecule is CCOc1cc([C@H]2/C(=C(\O)c3ccc(Cl)cc3)C(=O)C(=O)N2Cc2ccco2)ccc1O. The molecule has 1 aliphatic rings. The molecule has 2 heterocycles. The molecule has 32 heavy (non-hydrogen) atoms. The van der Waals surface area contributed by atoms with E-state index in [1.165, 1.54) is 17.2 Å². The Kier molecular flexibility index (Phi) is 5.92. The molecule has 1 fully saturated rings. The van der Waals surface area contributed by atoms with E-state index in [4.69, 9.17) is 20.8 Å². The second kappa shape index (κ2) is 8.80. The zero-order chi connectivity index (χ0) is 22.8. The van der Waals surface area contributed by atoms with Gasteiger partial charge in [0.15, 0.2) is 11.5 Å². The number of phenolic OH excluding ortho intramolecular Hbond substituents is 1. The Morgan fingerprint density at radius 1 is 1.16 bits per heavy atom. The van der Waals surface area contributed by atoms with Crippen LogP contribution in [0.1, 0.15) is 29.9 Å². The van der Waals surface area contributed by atoms with Gasteiger partial charge in [-0.2, -0.15) is 0 Å². The molecule has 164 valence electrons. The molecule has 0 spiro atoms. The van der Waals surface area contributed by atoms with Crippen LogP contribution in [0, 0.1) is 0 Å². The number of amides is 1. The number of hydrogen-bond acceptors (Lipinski definition) is 6. The lowest BCUT2D eigenvalue weighted by Gasteiger charge is -2.25. The van der Waals surface area contributed by atoms with Crippen LogP contribution in [0.5, 0.6) is 11.5 Å². The maximum atomic E-state index is 13.0. The van der Waals surface area contributed by atoms with E-state index in [1.54, 1.807) is 55.5 Å². The van der Waals surface area contributed by atoms with Gasteiger partial charge in [-0.25, -0.2) is 0 Å². The van der Waals surface area contributed by atoms with E-state index in [1.807, 2.05) is 0 Å². The highest BCUT2D eigenvalue weighted by atomic mass is 35.5. The molecule has 8 heteroatoms. The molecular weight excluding hydrogens is 434 g/mol. The third kappa shape index (κ3) is 3.94. The largest absolute Gasteiger partial charge is 0.507 e. The monoisotopic (exact) mass is 453 g/mol. The molecule has 1 amide bonds. The standard InChI is InChI=1S/C24H20ClNO6/c1-2-31-19-12-15(7-10-18(19)27)21-20(22(28)14-5-8-16(25)9-6-14)23(29)24(30)26(21)13-17-4-3-11-32-17/h3-12,21,27-28H,2,13H2,1H3/b22-20+/t21-/m0/s1. The van der Waals surface area contributed by atoms with E-state index < -0.39 is 17.7 Å². The van der Waals surface area contributed by atoms with Crippen molar-refractivity contribution in [2.45, 2.75) is 19.5 Å². The Morgan fingerprint density at radius 2 is 1.91 bits per heavy atom. The van der Waals surface area contributed by atoms with Crippen molar-refractivity contribution < 1.29 is 29.0 Å². The third-order valence-electron chi connectivity index (χ3n) is 5.16. The highest BCUT2D eigenvalue weighted by molar-refractivity contribution is 6.46. The van der Waals surface area contributed by atoms with Gasteiger partial charge in [0.05, 0.1) is 31.0 Å². The molecule has 0 aliphatic carbocycles. The number of aliphatic hydroxyl groups excluding tert-OH is 1. The summed E-state index contributed by atoms with van der Waals surface area (Å²) in [7, 11) is 0. The number of nitrogens with zero attached hydrogens (tertiary/aromatic N) is 1. The molecule has 2 N–H and O–H groups in total. The number of carbonyl (C=O) groups excluding carboxylic acids is 2. The molecule has 1 atom stereocenters. The fraction of sp³-hybridized carbons (Fsp3) is 0.167. The Bertz CT molecular complexity index is 1180. The zero-order valence-electron chi connectivity index (χ0n) is 17.1. The summed E-state index contributed by atoms with van der Waals surface area (Å²) in [5.74, 6) is -1.30. The number of likely N-dealkylation sites (tertiary alicyclic amines) is 1. The Labute approximate surface area is 189 Å². The summed E-state index contributed by atoms with van der Waals surface area (Å²) >= 11 is 5.94. The Morgan fingerprint density at radius 3 is 2.56 bits per heavy atom. The summed E-state index contributed by atoms with van der Waals surface area (Å²) in [5.41, 5.74) is 0.767. The Balaban J connectivity index is 1.88. The summed E-state index contributed by atoms with van der Waals surface area (Å²) in [6.45, 7) is 2.11. The van der Waals surface area contributed by atoms with E-state index in [-0.39, 0.29) is 29.4 Å². The lowest BCUT2D eigenvalue weighted by atomic mass is 9.95. The average Bonchev–Trinajstić information content (AvgIpc) is 3.38. The van der Waals surface area contributed by atoms with Gasteiger partial charge in [-0.15, -0.1) is 0 Å². The summed E-state index contributed by atoms with van der Waals surface area (Å²) in [6, 6.07) is 13.3. The lowest BCUT2D eigenvalue weighted by Crippen LogP contribution is -2.29. The minimum atomic E-state index is -0.921. The van der Waals surface area contributed by atoms with Gasteiger partial charge in [-0.05, 0) is 61.0 Å². The van der Waals surface area contributed by atoms with E-state index in [0.29, 0.717) is 28.5 Å². The minimum Gasteiger partial charge on any atom is -0.507 e. The fourth-order valence-electron chi connectivity index (χ4n) is 3.70. The number of ketones is 1. The number of phenols is 1. The first kappa shape index (κ1) is 21.5. The fourth-order valence-corrected chi connectivity index (χ4v) is 3.82. The van der Waals surface area contributed by atoms with Crippen LogP contribution in [-0.4, -0.2) is 33.4 Å². The topological polar surface area (TPSA) is 100 Å². The van der Waals surface area contributed by atoms with Crippen LogP contribution >= 0.6 is 11.6 Å². The molecule has 0 unspecified atom stereocenters. The maximum Gasteiger partial charge on any atom is 0.296 e. The van der Waals surface area contributed by atoms with E-state index >= 15 is 0 Å². The highest BCUT2D eigenvalue weighted by Crippen LogP contribution is 2.42. The van der Waals surface area contributed by atoms with Gasteiger partial charge in [0.1, 0.15) is 11.5 Å². The van der Waals surface area contributed by atoms with Gasteiger partial charge in [0.2, 0.25) is 0 Å². The van der Waals surface area contributed by atoms with E-state index in [0.717, 1.165) is 0 Å². The number of halogens is 1. The molecule has 1 aliphatic heterocycles. The minimum absolute atomic E-state index is 0.0183. The number of Topliss-reactive ketones (excluding diaryl/α,β-unsaturated/α-hetero) is 1. The molecule has 1 aromatic heterocycles. The number of furan rings is 1. The third-order valence-corrected chi connectivity index (χ3v) is 5.42. The van der Waals surface area contributed by atoms with Crippen molar-refractivity contribution in [3.05, 3.63) is 88.3 Å². The normalized spacial score (nSPS) is 17.7. The number of aliphatic hydroxyl groups is 1. The van der Waals surface area contributed by atoms with Crippen molar-refractivity contribution >= 4 is 29.1 Å². The second-order valence-corrected chi connectivity index (χ2v) is 7.61. The van der Waals surface area contributed by atoms with Crippen LogP contribution in [0.2, 0.25) is 5.02 Å². The number of benzene rings is 2. The summed E-state index contributed by atoms with van der Waals surface area (Å²) in [6.07, 6.45) is 1.47. The van der Waals surface area contributed by atoms with Crippen LogP contribution in [0.15, 0.2) is 70.9 Å². The number of ether oxygens (including phenoxy) is 1. The van der Waals surface area contributed by atoms with Crippen molar-refractivity contribution in [2.24, 2.45) is 0 Å². The number of hydrogen-bond donors (Lipinski definition) is 2. The van der Waals surface area contributed by atoms with Gasteiger partial charge < -0.3 is 24.3 Å². The zero-order valence-corrected chi connectivity index (χ0v) is 17.9. The first-order valence-electron chi connectivity index (χ1n) is 9.93. The van der Waals surface area contributed by atoms with Crippen molar-refractivity contribution in [1.29, 1.82) is 0 Å². The molecule has 0 bridgehead atoms. The molecule has 4 rings (SSSR count). The van der Waals surface area contributed by atoms with Crippen LogP contribution in [-0.2, 0) is 16.1 Å². The molecule has 7 nitrogen and oxygen atoms in total. The molecule has 2 aromatic carbocycles. The second-order valence-electron chi connectivity index (χ2n) is 7.17. The van der Waals surface area contributed by atoms with Crippen LogP contribution in [0.4, 0.5) is 0 Å². The van der Waals surface area contributed by atoms with Gasteiger partial charge in [0.25, 0.3) is 11.7 Å². The summed E-state index contributed by atoms with van der Waals surface area (Å²) in [4.78, 5) is 27.3. The van der Waals surface area contributed by atoms with Crippen LogP contribution in [0.3, 0.4) is 0 Å². The number of aromatic hydroxyl groups is 1. The van der Waals surface area contributed by atoms with Crippen molar-refractivity contribution in [1.82, 2.24) is 4.90 Å². The summed E-state index contributed by atoms with van der Waals surface area (Å²) < 4.78 is 10.9. The predicted octanol–water partition coefficient (Wildman–Crippen LogP) is 4.66. The van der Waals surface area contributed by atoms with Gasteiger partial charge in [-0.3, -0.25) is 9.59 Å². The quantitative estimate of drug-likeness (QED) is 0.320. The van der Waals surface area contributed by atoms with Gasteiger partial charge in [-0.1, -0.05) is 17.7 Å². The first-order valence-corrected chi connectivity index (χ1v) is 10.3. The van der Waals surface area contributed by atoms with E-state index in [2.05, 4.69) is 0 Å². The smallest absolute Gasteiger partial charge is 0.296 e. The van der Waals surface area contributed by atoms with Crippen LogP contribution < -0.4 is 4.74 Å². The maximum absolute atomic E-state index is 13.0. The predicted molar refractivity (Wildman–Crippen MR) is 117 cm³/mol. The Hall–Kier alpha value is -3.71. The van der Waals surface area contributed by atoms with Gasteiger partial charge >= 0.3 is 0 Å². The first-order chi connectivity index (χ1) is 15.4. The molecule has 0 radical (unpaired) electrons. The molecule has 0 saturated carbocycles. The average molecular weight is 454 g/mol. The van der Waals surface area contributed by atoms with Gasteiger partial charge in [0, 0.05) is 10.6 Å². The van der Waals surface area contributed by atoms with Crippen LogP contribution in [0.25, 0.3) is 5.76 Å². The van der Waals surface area contributed by atoms with Crippen molar-refractivity contribution in [2.75, 3.05) is 6.61 Å². The lowest BCUT2D eigenvalue weighted by molar-refractivity contribution is -0.140. The molecule has 3 aromatic rings.